The normalized spacial score (nSPS) is 14.4. The van der Waals surface area contributed by atoms with Gasteiger partial charge in [-0.25, -0.2) is 8.78 Å². The number of hydrogen-bond donors (Lipinski definition) is 0. The van der Waals surface area contributed by atoms with Crippen LogP contribution in [0.2, 0.25) is 0 Å². The Morgan fingerprint density at radius 3 is 2.29 bits per heavy atom. The van der Waals surface area contributed by atoms with Crippen molar-refractivity contribution in [2.75, 3.05) is 0 Å². The van der Waals surface area contributed by atoms with Gasteiger partial charge in [0.05, 0.1) is 6.26 Å². The molecule has 1 rings (SSSR count). The second kappa shape index (κ2) is 3.85. The van der Waals surface area contributed by atoms with Gasteiger partial charge in [0.25, 0.3) is 18.5 Å². The molecule has 1 aromatic rings. The Morgan fingerprint density at radius 1 is 1.29 bits per heavy atom. The third kappa shape index (κ3) is 2.61. The van der Waals surface area contributed by atoms with Crippen LogP contribution in [0.3, 0.4) is 0 Å². The molecule has 0 bridgehead atoms. The fourth-order valence-electron chi connectivity index (χ4n) is 0.717. The molecule has 0 spiro atoms. The molecule has 0 aliphatic carbocycles. The van der Waals surface area contributed by atoms with Crippen LogP contribution >= 0.6 is 0 Å². The predicted octanol–water partition coefficient (Wildman–Crippen LogP) is 2.85. The van der Waals surface area contributed by atoms with E-state index in [4.69, 9.17) is 0 Å². The van der Waals surface area contributed by atoms with Gasteiger partial charge < -0.3 is 9.15 Å². The van der Waals surface area contributed by atoms with Gasteiger partial charge in [-0.05, 0) is 6.07 Å². The summed E-state index contributed by atoms with van der Waals surface area (Å²) in [5, 5.41) is 0. The van der Waals surface area contributed by atoms with Crippen molar-refractivity contribution in [3.8, 4) is 5.95 Å². The van der Waals surface area contributed by atoms with E-state index in [0.717, 1.165) is 12.3 Å². The van der Waals surface area contributed by atoms with E-state index in [2.05, 4.69) is 9.15 Å². The van der Waals surface area contributed by atoms with Crippen molar-refractivity contribution in [2.24, 2.45) is 0 Å². The second-order valence-electron chi connectivity index (χ2n) is 2.35. The van der Waals surface area contributed by atoms with E-state index in [-0.39, 0.29) is 0 Å². The zero-order valence-corrected chi connectivity index (χ0v) is 6.59. The molecular formula is C7H5F5O2. The van der Waals surface area contributed by atoms with E-state index in [0.29, 0.717) is 0 Å². The SMILES string of the molecule is FC(F)C(Oc1ccco1)C(F)(F)F. The largest absolute Gasteiger partial charge is 0.446 e. The molecular weight excluding hydrogens is 211 g/mol. The lowest BCUT2D eigenvalue weighted by Crippen LogP contribution is -2.40. The third-order valence-electron chi connectivity index (χ3n) is 1.29. The molecule has 1 atom stereocenters. The van der Waals surface area contributed by atoms with Gasteiger partial charge in [-0.1, -0.05) is 0 Å². The van der Waals surface area contributed by atoms with Gasteiger partial charge in [0.15, 0.2) is 0 Å². The molecule has 1 unspecified atom stereocenters. The van der Waals surface area contributed by atoms with E-state index >= 15 is 0 Å². The first kappa shape index (κ1) is 10.8. The molecule has 7 heteroatoms. The zero-order chi connectivity index (χ0) is 10.8. The second-order valence-corrected chi connectivity index (χ2v) is 2.35. The van der Waals surface area contributed by atoms with E-state index in [9.17, 15) is 22.0 Å². The maximum atomic E-state index is 11.9. The van der Waals surface area contributed by atoms with Crippen LogP contribution < -0.4 is 4.74 Å². The van der Waals surface area contributed by atoms with Crippen LogP contribution in [0.1, 0.15) is 0 Å². The Morgan fingerprint density at radius 2 is 1.93 bits per heavy atom. The summed E-state index contributed by atoms with van der Waals surface area (Å²) in [5.41, 5.74) is 0. The number of rotatable bonds is 3. The van der Waals surface area contributed by atoms with Gasteiger partial charge >= 0.3 is 6.18 Å². The summed E-state index contributed by atoms with van der Waals surface area (Å²) >= 11 is 0. The Kier molecular flexibility index (Phi) is 2.97. The molecule has 14 heavy (non-hydrogen) atoms. The maximum absolute atomic E-state index is 11.9. The molecule has 2 nitrogen and oxygen atoms in total. The van der Waals surface area contributed by atoms with Crippen LogP contribution in [0.4, 0.5) is 22.0 Å². The average molecular weight is 216 g/mol. The summed E-state index contributed by atoms with van der Waals surface area (Å²) in [5.74, 6) is -0.590. The van der Waals surface area contributed by atoms with Crippen molar-refractivity contribution < 1.29 is 31.1 Å². The molecule has 80 valence electrons. The van der Waals surface area contributed by atoms with Crippen LogP contribution in [-0.4, -0.2) is 18.7 Å². The minimum Gasteiger partial charge on any atom is -0.446 e. The fourth-order valence-corrected chi connectivity index (χ4v) is 0.717. The highest BCUT2D eigenvalue weighted by Crippen LogP contribution is 2.29. The number of ether oxygens (including phenoxy) is 1. The summed E-state index contributed by atoms with van der Waals surface area (Å²) in [4.78, 5) is 0. The summed E-state index contributed by atoms with van der Waals surface area (Å²) < 4.78 is 67.8. The van der Waals surface area contributed by atoms with Gasteiger partial charge in [-0.2, -0.15) is 13.2 Å². The van der Waals surface area contributed by atoms with Gasteiger partial charge in [-0.3, -0.25) is 0 Å². The summed E-state index contributed by atoms with van der Waals surface area (Å²) in [6.07, 6.45) is -10.9. The Hall–Kier alpha value is -1.27. The van der Waals surface area contributed by atoms with Crippen molar-refractivity contribution in [1.82, 2.24) is 0 Å². The van der Waals surface area contributed by atoms with E-state index in [1.165, 1.54) is 6.07 Å². The van der Waals surface area contributed by atoms with Gasteiger partial charge in [0.1, 0.15) is 0 Å². The molecule has 0 radical (unpaired) electrons. The van der Waals surface area contributed by atoms with Crippen LogP contribution in [0, 0.1) is 0 Å². The zero-order valence-electron chi connectivity index (χ0n) is 6.59. The number of alkyl halides is 5. The van der Waals surface area contributed by atoms with Crippen LogP contribution in [0.25, 0.3) is 0 Å². The Bertz CT molecular complexity index is 266. The number of halogens is 5. The number of furan rings is 1. The van der Waals surface area contributed by atoms with Crippen LogP contribution in [0.15, 0.2) is 22.8 Å². The average Bonchev–Trinajstić information content (AvgIpc) is 2.48. The molecule has 0 fully saturated rings. The first-order valence-corrected chi connectivity index (χ1v) is 3.46. The maximum Gasteiger partial charge on any atom is 0.431 e. The highest BCUT2D eigenvalue weighted by atomic mass is 19.4. The summed E-state index contributed by atoms with van der Waals surface area (Å²) in [6, 6.07) is 2.25. The molecule has 1 aromatic heterocycles. The lowest BCUT2D eigenvalue weighted by molar-refractivity contribution is -0.230. The quantitative estimate of drug-likeness (QED) is 0.725. The summed E-state index contributed by atoms with van der Waals surface area (Å²) in [6.45, 7) is 0. The molecule has 0 amide bonds. The number of hydrogen-bond acceptors (Lipinski definition) is 2. The molecule has 0 aliphatic heterocycles. The van der Waals surface area contributed by atoms with Crippen molar-refractivity contribution in [1.29, 1.82) is 0 Å². The lowest BCUT2D eigenvalue weighted by atomic mass is 10.3. The van der Waals surface area contributed by atoms with Gasteiger partial charge in [0, 0.05) is 6.07 Å². The first-order chi connectivity index (χ1) is 6.41. The minimum atomic E-state index is -5.12. The monoisotopic (exact) mass is 216 g/mol. The Labute approximate surface area is 75.3 Å². The van der Waals surface area contributed by atoms with Crippen molar-refractivity contribution in [3.05, 3.63) is 18.4 Å². The standard InChI is InChI=1S/C7H5F5O2/c8-6(9)5(7(10,11)12)14-4-2-1-3-13-4/h1-3,5-6H. The summed E-state index contributed by atoms with van der Waals surface area (Å²) in [7, 11) is 0. The lowest BCUT2D eigenvalue weighted by Gasteiger charge is -2.18. The van der Waals surface area contributed by atoms with Gasteiger partial charge in [0.2, 0.25) is 0 Å². The highest BCUT2D eigenvalue weighted by Gasteiger charge is 2.48. The first-order valence-electron chi connectivity index (χ1n) is 3.46. The van der Waals surface area contributed by atoms with Crippen LogP contribution in [0.5, 0.6) is 5.95 Å². The van der Waals surface area contributed by atoms with E-state index in [1.54, 1.807) is 0 Å². The molecule has 1 heterocycles. The third-order valence-corrected chi connectivity index (χ3v) is 1.29. The smallest absolute Gasteiger partial charge is 0.431 e. The molecule has 0 aromatic carbocycles. The van der Waals surface area contributed by atoms with Crippen molar-refractivity contribution in [2.45, 2.75) is 18.7 Å². The van der Waals surface area contributed by atoms with Crippen LogP contribution in [-0.2, 0) is 0 Å². The van der Waals surface area contributed by atoms with E-state index < -0.39 is 24.7 Å². The highest BCUT2D eigenvalue weighted by molar-refractivity contribution is 5.05. The van der Waals surface area contributed by atoms with Crippen molar-refractivity contribution >= 4 is 0 Å². The molecule has 0 aliphatic rings. The molecule has 0 N–H and O–H groups in total. The van der Waals surface area contributed by atoms with E-state index in [1.807, 2.05) is 0 Å². The Balaban J connectivity index is 2.71. The molecule has 0 saturated carbocycles. The van der Waals surface area contributed by atoms with Crippen molar-refractivity contribution in [3.63, 3.8) is 0 Å². The van der Waals surface area contributed by atoms with Gasteiger partial charge in [-0.15, -0.1) is 0 Å². The topological polar surface area (TPSA) is 22.4 Å². The minimum absolute atomic E-state index is 0.590. The predicted molar refractivity (Wildman–Crippen MR) is 35.2 cm³/mol. The fraction of sp³-hybridized carbons (Fsp3) is 0.429. The molecule has 0 saturated heterocycles.